The number of hydrogen-bond acceptors (Lipinski definition) is 4. The summed E-state index contributed by atoms with van der Waals surface area (Å²) in [6.07, 6.45) is 4.71. The molecule has 0 bridgehead atoms. The number of aromatic amines is 1. The zero-order valence-corrected chi connectivity index (χ0v) is 9.72. The van der Waals surface area contributed by atoms with E-state index in [-0.39, 0.29) is 12.3 Å². The fourth-order valence-corrected chi connectivity index (χ4v) is 0.967. The summed E-state index contributed by atoms with van der Waals surface area (Å²) in [4.78, 5) is 26.6. The molecule has 0 fully saturated rings. The van der Waals surface area contributed by atoms with Gasteiger partial charge >= 0.3 is 5.97 Å². The summed E-state index contributed by atoms with van der Waals surface area (Å²) in [6.45, 7) is 1.92. The molecule has 1 heterocycles. The molecule has 0 saturated heterocycles. The highest BCUT2D eigenvalue weighted by atomic mass is 16.4. The molecular weight excluding hydrogens is 224 g/mol. The Morgan fingerprint density at radius 3 is 2.53 bits per heavy atom. The number of carboxylic acid groups (broad SMARTS) is 1. The van der Waals surface area contributed by atoms with Crippen LogP contribution in [-0.2, 0) is 16.0 Å². The minimum Gasteiger partial charge on any atom is -0.480 e. The van der Waals surface area contributed by atoms with Crippen LogP contribution in [0.3, 0.4) is 0 Å². The van der Waals surface area contributed by atoms with Gasteiger partial charge in [0.1, 0.15) is 6.04 Å². The molecule has 1 amide bonds. The van der Waals surface area contributed by atoms with Gasteiger partial charge in [0.05, 0.1) is 6.33 Å². The number of nitrogens with zero attached hydrogens (tertiary/aromatic N) is 1. The van der Waals surface area contributed by atoms with Crippen LogP contribution in [0.25, 0.3) is 0 Å². The Hall–Kier alpha value is -1.89. The highest BCUT2D eigenvalue weighted by molar-refractivity contribution is 5.73. The molecule has 96 valence electrons. The normalized spacial score (nSPS) is 11.2. The maximum absolute atomic E-state index is 10.3. The SMILES string of the molecule is CCCC(N)=O.NC(Cc1cnc[nH]1)C(=O)O. The summed E-state index contributed by atoms with van der Waals surface area (Å²) in [5, 5.41) is 8.42. The molecule has 17 heavy (non-hydrogen) atoms. The number of rotatable bonds is 5. The lowest BCUT2D eigenvalue weighted by Gasteiger charge is -2.02. The van der Waals surface area contributed by atoms with Crippen LogP contribution in [0.15, 0.2) is 12.5 Å². The van der Waals surface area contributed by atoms with E-state index in [2.05, 4.69) is 9.97 Å². The van der Waals surface area contributed by atoms with Crippen molar-refractivity contribution in [2.24, 2.45) is 11.5 Å². The van der Waals surface area contributed by atoms with Gasteiger partial charge in [-0.05, 0) is 6.42 Å². The minimum atomic E-state index is -1.00. The monoisotopic (exact) mass is 242 g/mol. The molecule has 6 N–H and O–H groups in total. The quantitative estimate of drug-likeness (QED) is 0.559. The molecule has 1 aromatic heterocycles. The molecule has 0 aliphatic carbocycles. The molecular formula is C10H18N4O3. The number of H-pyrrole nitrogens is 1. The van der Waals surface area contributed by atoms with E-state index in [0.29, 0.717) is 6.42 Å². The molecule has 0 saturated carbocycles. The van der Waals surface area contributed by atoms with E-state index >= 15 is 0 Å². The van der Waals surface area contributed by atoms with E-state index in [1.54, 1.807) is 6.20 Å². The van der Waals surface area contributed by atoms with Gasteiger partial charge in [-0.25, -0.2) is 4.98 Å². The van der Waals surface area contributed by atoms with E-state index in [0.717, 1.165) is 12.1 Å². The topological polar surface area (TPSA) is 135 Å². The fraction of sp³-hybridized carbons (Fsp3) is 0.500. The van der Waals surface area contributed by atoms with Crippen molar-refractivity contribution < 1.29 is 14.7 Å². The Morgan fingerprint density at radius 1 is 1.59 bits per heavy atom. The second kappa shape index (κ2) is 8.28. The third-order valence-corrected chi connectivity index (χ3v) is 1.81. The van der Waals surface area contributed by atoms with Crippen molar-refractivity contribution in [1.29, 1.82) is 0 Å². The zero-order chi connectivity index (χ0) is 13.3. The maximum atomic E-state index is 10.3. The average molecular weight is 242 g/mol. The van der Waals surface area contributed by atoms with Gasteiger partial charge in [-0.15, -0.1) is 0 Å². The van der Waals surface area contributed by atoms with E-state index in [4.69, 9.17) is 16.6 Å². The maximum Gasteiger partial charge on any atom is 0.320 e. The number of carbonyl (C=O) groups is 2. The molecule has 0 aliphatic rings. The number of nitrogens with one attached hydrogen (secondary N) is 1. The second-order valence-corrected chi connectivity index (χ2v) is 3.44. The summed E-state index contributed by atoms with van der Waals surface area (Å²) in [5.41, 5.74) is 10.8. The molecule has 7 nitrogen and oxygen atoms in total. The number of carbonyl (C=O) groups excluding carboxylic acids is 1. The summed E-state index contributed by atoms with van der Waals surface area (Å²) in [7, 11) is 0. The van der Waals surface area contributed by atoms with Crippen molar-refractivity contribution in [1.82, 2.24) is 9.97 Å². The van der Waals surface area contributed by atoms with Gasteiger partial charge in [0.25, 0.3) is 0 Å². The van der Waals surface area contributed by atoms with Gasteiger partial charge in [-0.1, -0.05) is 6.92 Å². The molecule has 1 unspecified atom stereocenters. The van der Waals surface area contributed by atoms with E-state index in [9.17, 15) is 9.59 Å². The highest BCUT2D eigenvalue weighted by Gasteiger charge is 2.11. The van der Waals surface area contributed by atoms with Crippen molar-refractivity contribution in [3.05, 3.63) is 18.2 Å². The minimum absolute atomic E-state index is 0.211. The first kappa shape index (κ1) is 15.1. The molecule has 0 radical (unpaired) electrons. The Kier molecular flexibility index (Phi) is 7.36. The van der Waals surface area contributed by atoms with Crippen molar-refractivity contribution in [2.45, 2.75) is 32.2 Å². The Bertz CT molecular complexity index is 337. The van der Waals surface area contributed by atoms with Crippen LogP contribution in [0.1, 0.15) is 25.5 Å². The van der Waals surface area contributed by atoms with Crippen LogP contribution in [0, 0.1) is 0 Å². The Balaban J connectivity index is 0.000000366. The third-order valence-electron chi connectivity index (χ3n) is 1.81. The van der Waals surface area contributed by atoms with Crippen LogP contribution >= 0.6 is 0 Å². The Labute approximate surface area is 99.2 Å². The fourth-order valence-electron chi connectivity index (χ4n) is 0.967. The van der Waals surface area contributed by atoms with Gasteiger partial charge < -0.3 is 21.6 Å². The first-order chi connectivity index (χ1) is 7.97. The molecule has 1 rings (SSSR count). The summed E-state index contributed by atoms with van der Waals surface area (Å²) >= 11 is 0. The van der Waals surface area contributed by atoms with Gasteiger partial charge in [-0.3, -0.25) is 9.59 Å². The molecule has 7 heteroatoms. The second-order valence-electron chi connectivity index (χ2n) is 3.44. The third kappa shape index (κ3) is 7.97. The number of nitrogens with two attached hydrogens (primary N) is 2. The standard InChI is InChI=1S/C6H9N3O2.C4H9NO/c7-5(6(10)11)1-4-2-8-3-9-4;1-2-3-4(5)6/h2-3,5H,1,7H2,(H,8,9)(H,10,11);2-3H2,1H3,(H2,5,6). The van der Waals surface area contributed by atoms with Crippen LogP contribution in [0.5, 0.6) is 0 Å². The molecule has 0 aromatic carbocycles. The van der Waals surface area contributed by atoms with Crippen molar-refractivity contribution in [3.8, 4) is 0 Å². The first-order valence-corrected chi connectivity index (χ1v) is 5.21. The highest BCUT2D eigenvalue weighted by Crippen LogP contribution is 1.95. The van der Waals surface area contributed by atoms with E-state index in [1.165, 1.54) is 6.33 Å². The number of amides is 1. The molecule has 1 atom stereocenters. The summed E-state index contributed by atoms with van der Waals surface area (Å²) < 4.78 is 0. The summed E-state index contributed by atoms with van der Waals surface area (Å²) in [5.74, 6) is -1.21. The van der Waals surface area contributed by atoms with Gasteiger partial charge in [0.2, 0.25) is 5.91 Å². The van der Waals surface area contributed by atoms with Crippen LogP contribution < -0.4 is 11.5 Å². The van der Waals surface area contributed by atoms with Gasteiger partial charge in [0, 0.05) is 24.7 Å². The molecule has 0 aliphatic heterocycles. The lowest BCUT2D eigenvalue weighted by Crippen LogP contribution is -2.32. The predicted molar refractivity (Wildman–Crippen MR) is 62.0 cm³/mol. The number of aliphatic carboxylic acids is 1. The lowest BCUT2D eigenvalue weighted by molar-refractivity contribution is -0.138. The number of primary amides is 1. The largest absolute Gasteiger partial charge is 0.480 e. The molecule has 1 aromatic rings. The smallest absolute Gasteiger partial charge is 0.320 e. The van der Waals surface area contributed by atoms with Crippen molar-refractivity contribution in [3.63, 3.8) is 0 Å². The Morgan fingerprint density at radius 2 is 2.24 bits per heavy atom. The summed E-state index contributed by atoms with van der Waals surface area (Å²) in [6, 6.07) is -0.851. The van der Waals surface area contributed by atoms with E-state index < -0.39 is 12.0 Å². The van der Waals surface area contributed by atoms with Crippen LogP contribution in [0.4, 0.5) is 0 Å². The molecule has 0 spiro atoms. The predicted octanol–water partition coefficient (Wildman–Crippen LogP) is -0.364. The zero-order valence-electron chi connectivity index (χ0n) is 9.72. The van der Waals surface area contributed by atoms with Crippen LogP contribution in [-0.4, -0.2) is 33.0 Å². The van der Waals surface area contributed by atoms with Gasteiger partial charge in [-0.2, -0.15) is 0 Å². The van der Waals surface area contributed by atoms with E-state index in [1.807, 2.05) is 6.92 Å². The number of carboxylic acids is 1. The van der Waals surface area contributed by atoms with Crippen molar-refractivity contribution in [2.75, 3.05) is 0 Å². The van der Waals surface area contributed by atoms with Gasteiger partial charge in [0.15, 0.2) is 0 Å². The average Bonchev–Trinajstić information content (AvgIpc) is 2.70. The number of hydrogen-bond donors (Lipinski definition) is 4. The first-order valence-electron chi connectivity index (χ1n) is 5.21. The van der Waals surface area contributed by atoms with Crippen LogP contribution in [0.2, 0.25) is 0 Å². The number of aromatic nitrogens is 2. The number of imidazole rings is 1. The van der Waals surface area contributed by atoms with Crippen molar-refractivity contribution >= 4 is 11.9 Å². The lowest BCUT2D eigenvalue weighted by atomic mass is 10.2.